The van der Waals surface area contributed by atoms with E-state index in [1.54, 1.807) is 13.0 Å². The number of hydrogen-bond acceptors (Lipinski definition) is 3. The summed E-state index contributed by atoms with van der Waals surface area (Å²) < 4.78 is 4.90. The number of carbonyl (C=O) groups is 1. The minimum Gasteiger partial charge on any atom is -0.484 e. The maximum Gasteiger partial charge on any atom is 0.339 e. The molecule has 0 unspecified atom stereocenters. The molecule has 1 aromatic rings. The van der Waals surface area contributed by atoms with Crippen molar-refractivity contribution in [1.82, 2.24) is 0 Å². The van der Waals surface area contributed by atoms with Crippen molar-refractivity contribution in [3.63, 3.8) is 0 Å². The van der Waals surface area contributed by atoms with Crippen LogP contribution in [-0.4, -0.2) is 24.0 Å². The van der Waals surface area contributed by atoms with Gasteiger partial charge in [-0.05, 0) is 19.1 Å². The number of rotatable bonds is 4. The highest BCUT2D eigenvalue weighted by Crippen LogP contribution is 2.19. The van der Waals surface area contributed by atoms with Crippen LogP contribution in [0.25, 0.3) is 0 Å². The minimum absolute atomic E-state index is 0.0558. The van der Waals surface area contributed by atoms with Gasteiger partial charge in [0, 0.05) is 0 Å². The molecule has 4 nitrogen and oxygen atoms in total. The van der Waals surface area contributed by atoms with Crippen LogP contribution in [0.1, 0.15) is 15.9 Å². The van der Waals surface area contributed by atoms with Crippen LogP contribution in [-0.2, 0) is 4.79 Å². The second-order valence-corrected chi connectivity index (χ2v) is 2.74. The second-order valence-electron chi connectivity index (χ2n) is 2.74. The molecule has 73 valence electrons. The highest BCUT2D eigenvalue weighted by Gasteiger charge is 2.10. The summed E-state index contributed by atoms with van der Waals surface area (Å²) in [6.07, 6.45) is 1.53. The van der Waals surface area contributed by atoms with Crippen molar-refractivity contribution in [2.75, 3.05) is 6.61 Å². The lowest BCUT2D eigenvalue weighted by Gasteiger charge is -2.06. The van der Waals surface area contributed by atoms with E-state index in [0.29, 0.717) is 0 Å². The number of aromatic carboxylic acids is 1. The first kappa shape index (κ1) is 10.2. The van der Waals surface area contributed by atoms with Gasteiger partial charge in [-0.3, -0.25) is 4.79 Å². The highest BCUT2D eigenvalue weighted by molar-refractivity contribution is 5.91. The number of hydrogen-bond donors (Lipinski definition) is 1. The summed E-state index contributed by atoms with van der Waals surface area (Å²) in [5.41, 5.74) is 0.880. The lowest BCUT2D eigenvalue weighted by Crippen LogP contribution is -2.05. The number of carbonyl (C=O) groups excluding carboxylic acids is 1. The summed E-state index contributed by atoms with van der Waals surface area (Å²) in [4.78, 5) is 20.7. The normalized spacial score (nSPS) is 9.50. The van der Waals surface area contributed by atoms with Gasteiger partial charge in [-0.15, -0.1) is 0 Å². The Balaban J connectivity index is 3.01. The number of carboxylic acids is 1. The fraction of sp³-hybridized carbons (Fsp3) is 0.200. The lowest BCUT2D eigenvalue weighted by molar-refractivity contribution is 0.0692. The van der Waals surface area contributed by atoms with E-state index >= 15 is 0 Å². The van der Waals surface area contributed by atoms with Gasteiger partial charge in [0.05, 0.1) is 0 Å². The molecule has 1 aromatic carbocycles. The number of aryl methyl sites for hydroxylation is 1. The lowest BCUT2D eigenvalue weighted by atomic mass is 10.1. The third kappa shape index (κ3) is 2.32. The van der Waals surface area contributed by atoms with Crippen molar-refractivity contribution in [1.29, 1.82) is 0 Å². The Morgan fingerprint density at radius 2 is 2.29 bits per heavy atom. The predicted octanol–water partition coefficient (Wildman–Crippen LogP) is 1.18. The third-order valence-electron chi connectivity index (χ3n) is 1.65. The van der Waals surface area contributed by atoms with Crippen LogP contribution in [0.5, 0.6) is 5.75 Å². The second kappa shape index (κ2) is 4.41. The van der Waals surface area contributed by atoms with Gasteiger partial charge in [0.2, 0.25) is 6.29 Å². The molecule has 0 bridgehead atoms. The maximum atomic E-state index is 10.8. The molecule has 0 aliphatic heterocycles. The van der Waals surface area contributed by atoms with Crippen molar-refractivity contribution < 1.29 is 19.4 Å². The van der Waals surface area contributed by atoms with Crippen LogP contribution >= 0.6 is 0 Å². The summed E-state index contributed by atoms with van der Waals surface area (Å²) in [5.74, 6) is -0.888. The molecular weight excluding hydrogens is 184 g/mol. The van der Waals surface area contributed by atoms with Crippen LogP contribution < -0.4 is 4.74 Å². The Morgan fingerprint density at radius 3 is 2.86 bits per heavy atom. The van der Waals surface area contributed by atoms with E-state index in [1.165, 1.54) is 18.4 Å². The van der Waals surface area contributed by atoms with E-state index in [4.69, 9.17) is 9.84 Å². The van der Waals surface area contributed by atoms with Gasteiger partial charge in [0.25, 0.3) is 0 Å². The van der Waals surface area contributed by atoms with Crippen molar-refractivity contribution in [2.45, 2.75) is 6.92 Å². The van der Waals surface area contributed by atoms with Gasteiger partial charge in [-0.1, -0.05) is 11.6 Å². The van der Waals surface area contributed by atoms with Crippen molar-refractivity contribution in [3.05, 3.63) is 29.3 Å². The quantitative estimate of drug-likeness (QED) is 0.779. The first-order valence-corrected chi connectivity index (χ1v) is 3.97. The molecule has 0 saturated carbocycles. The number of benzene rings is 1. The standard InChI is InChI=1S/C10H9O4/c1-7-2-3-9(14-5-4-11)8(6-7)10(12)13/h2-3,6H,5H2,1H3,(H,12,13). The van der Waals surface area contributed by atoms with Gasteiger partial charge in [0.1, 0.15) is 11.3 Å². The zero-order valence-corrected chi connectivity index (χ0v) is 7.61. The average Bonchev–Trinajstić information content (AvgIpc) is 2.15. The monoisotopic (exact) mass is 193 g/mol. The van der Waals surface area contributed by atoms with Gasteiger partial charge in [-0.2, -0.15) is 0 Å². The van der Waals surface area contributed by atoms with E-state index in [-0.39, 0.29) is 17.9 Å². The molecule has 0 aliphatic rings. The maximum absolute atomic E-state index is 10.8. The smallest absolute Gasteiger partial charge is 0.339 e. The van der Waals surface area contributed by atoms with Crippen LogP contribution in [0.3, 0.4) is 0 Å². The molecule has 0 atom stereocenters. The van der Waals surface area contributed by atoms with Crippen molar-refractivity contribution in [3.8, 4) is 5.75 Å². The fourth-order valence-corrected chi connectivity index (χ4v) is 1.04. The average molecular weight is 193 g/mol. The largest absolute Gasteiger partial charge is 0.484 e. The van der Waals surface area contributed by atoms with Crippen molar-refractivity contribution in [2.24, 2.45) is 0 Å². The topological polar surface area (TPSA) is 63.6 Å². The molecule has 0 saturated heterocycles. The van der Waals surface area contributed by atoms with Gasteiger partial charge in [-0.25, -0.2) is 4.79 Å². The van der Waals surface area contributed by atoms with E-state index in [0.717, 1.165) is 5.56 Å². The summed E-state index contributed by atoms with van der Waals surface area (Å²) >= 11 is 0. The van der Waals surface area contributed by atoms with Crippen molar-refractivity contribution >= 4 is 12.3 Å². The molecule has 0 heterocycles. The van der Waals surface area contributed by atoms with Gasteiger partial charge >= 0.3 is 5.97 Å². The number of carboxylic acid groups (broad SMARTS) is 1. The molecule has 14 heavy (non-hydrogen) atoms. The molecular formula is C10H9O4. The van der Waals surface area contributed by atoms with E-state index < -0.39 is 5.97 Å². The van der Waals surface area contributed by atoms with Gasteiger partial charge < -0.3 is 9.84 Å². The van der Waals surface area contributed by atoms with Gasteiger partial charge in [0.15, 0.2) is 6.61 Å². The molecule has 4 heteroatoms. The zero-order chi connectivity index (χ0) is 10.6. The number of ether oxygens (including phenoxy) is 1. The summed E-state index contributed by atoms with van der Waals surface area (Å²) in [6, 6.07) is 4.73. The SMILES string of the molecule is Cc1ccc(OC[C]=O)c(C(=O)O)c1. The Hall–Kier alpha value is -1.84. The molecule has 0 amide bonds. The zero-order valence-electron chi connectivity index (χ0n) is 7.61. The predicted molar refractivity (Wildman–Crippen MR) is 49.3 cm³/mol. The summed E-state index contributed by atoms with van der Waals surface area (Å²) in [6.45, 7) is 1.52. The van der Waals surface area contributed by atoms with Crippen LogP contribution in [0.2, 0.25) is 0 Å². The molecule has 1 radical (unpaired) electrons. The van der Waals surface area contributed by atoms with E-state index in [2.05, 4.69) is 0 Å². The first-order chi connectivity index (χ1) is 6.65. The first-order valence-electron chi connectivity index (χ1n) is 3.97. The van der Waals surface area contributed by atoms with Crippen LogP contribution in [0, 0.1) is 6.92 Å². The Morgan fingerprint density at radius 1 is 1.57 bits per heavy atom. The molecule has 0 aromatic heterocycles. The van der Waals surface area contributed by atoms with E-state index in [9.17, 15) is 9.59 Å². The van der Waals surface area contributed by atoms with Crippen LogP contribution in [0.4, 0.5) is 0 Å². The molecule has 1 rings (SSSR count). The fourth-order valence-electron chi connectivity index (χ4n) is 1.04. The summed E-state index contributed by atoms with van der Waals surface area (Å²) in [5, 5.41) is 8.81. The Bertz CT molecular complexity index is 357. The third-order valence-corrected chi connectivity index (χ3v) is 1.65. The van der Waals surface area contributed by atoms with E-state index in [1.807, 2.05) is 0 Å². The summed E-state index contributed by atoms with van der Waals surface area (Å²) in [7, 11) is 0. The van der Waals surface area contributed by atoms with Crippen LogP contribution in [0.15, 0.2) is 18.2 Å². The molecule has 1 N–H and O–H groups in total. The molecule has 0 spiro atoms. The molecule has 0 aliphatic carbocycles. The minimum atomic E-state index is -1.07. The highest BCUT2D eigenvalue weighted by atomic mass is 16.5. The Labute approximate surface area is 81.1 Å². The molecule has 0 fully saturated rings. The Kier molecular flexibility index (Phi) is 3.23.